The Kier molecular flexibility index (Phi) is 3.99. The van der Waals surface area contributed by atoms with Crippen molar-refractivity contribution in [2.45, 2.75) is 12.8 Å². The Morgan fingerprint density at radius 2 is 2.17 bits per heavy atom. The summed E-state index contributed by atoms with van der Waals surface area (Å²) < 4.78 is 35.2. The monoisotopic (exact) mass is 291 g/mol. The van der Waals surface area contributed by atoms with E-state index in [1.54, 1.807) is 6.07 Å². The highest BCUT2D eigenvalue weighted by Gasteiger charge is 2.20. The van der Waals surface area contributed by atoms with Gasteiger partial charge in [0.15, 0.2) is 6.73 Å². The molecule has 0 atom stereocenters. The van der Waals surface area contributed by atoms with E-state index in [0.717, 1.165) is 11.4 Å². The van der Waals surface area contributed by atoms with E-state index in [9.17, 15) is 8.42 Å². The second kappa shape index (κ2) is 5.34. The predicted molar refractivity (Wildman–Crippen MR) is 69.9 cm³/mol. The third kappa shape index (κ3) is 3.51. The summed E-state index contributed by atoms with van der Waals surface area (Å²) in [5.41, 5.74) is 0.925. The second-order valence-corrected chi connectivity index (χ2v) is 6.15. The van der Waals surface area contributed by atoms with Crippen molar-refractivity contribution in [3.8, 4) is 5.75 Å². The van der Waals surface area contributed by atoms with Crippen molar-refractivity contribution in [2.75, 3.05) is 23.9 Å². The van der Waals surface area contributed by atoms with Crippen LogP contribution in [0.4, 0.5) is 5.69 Å². The number of halogens is 1. The summed E-state index contributed by atoms with van der Waals surface area (Å²) in [5.74, 6) is 0.582. The van der Waals surface area contributed by atoms with Gasteiger partial charge in [0, 0.05) is 11.6 Å². The zero-order chi connectivity index (χ0) is 13.2. The molecule has 1 aromatic rings. The van der Waals surface area contributed by atoms with Gasteiger partial charge in [0.1, 0.15) is 5.75 Å². The number of rotatable bonds is 5. The predicted octanol–water partition coefficient (Wildman–Crippen LogP) is 2.16. The lowest BCUT2D eigenvalue weighted by Crippen LogP contribution is -2.23. The van der Waals surface area contributed by atoms with Gasteiger partial charge in [-0.15, -0.1) is 0 Å². The molecule has 0 radical (unpaired) electrons. The van der Waals surface area contributed by atoms with E-state index < -0.39 is 10.1 Å². The number of anilines is 1. The van der Waals surface area contributed by atoms with Gasteiger partial charge in [-0.1, -0.05) is 11.6 Å². The molecule has 0 aromatic heterocycles. The van der Waals surface area contributed by atoms with Gasteiger partial charge in [-0.3, -0.25) is 4.55 Å². The van der Waals surface area contributed by atoms with Crippen molar-refractivity contribution in [1.29, 1.82) is 0 Å². The average molecular weight is 292 g/mol. The first-order valence-electron chi connectivity index (χ1n) is 5.58. The Morgan fingerprint density at radius 1 is 1.39 bits per heavy atom. The number of hydrogen-bond acceptors (Lipinski definition) is 4. The van der Waals surface area contributed by atoms with E-state index in [4.69, 9.17) is 20.9 Å². The van der Waals surface area contributed by atoms with Gasteiger partial charge in [0.05, 0.1) is 11.4 Å². The number of nitrogens with zero attached hydrogens (tertiary/aromatic N) is 1. The van der Waals surface area contributed by atoms with Gasteiger partial charge in [-0.2, -0.15) is 8.42 Å². The number of ether oxygens (including phenoxy) is 1. The van der Waals surface area contributed by atoms with Gasteiger partial charge in [-0.05, 0) is 31.0 Å². The zero-order valence-electron chi connectivity index (χ0n) is 9.67. The lowest BCUT2D eigenvalue weighted by atomic mass is 10.2. The first-order chi connectivity index (χ1) is 8.46. The zero-order valence-corrected chi connectivity index (χ0v) is 11.2. The number of hydrogen-bond donors (Lipinski definition) is 1. The molecule has 0 aliphatic carbocycles. The van der Waals surface area contributed by atoms with Gasteiger partial charge in [0.2, 0.25) is 0 Å². The van der Waals surface area contributed by atoms with Crippen molar-refractivity contribution in [1.82, 2.24) is 0 Å². The van der Waals surface area contributed by atoms with E-state index in [1.807, 2.05) is 17.0 Å². The van der Waals surface area contributed by atoms with Gasteiger partial charge in [0.25, 0.3) is 10.1 Å². The Hall–Kier alpha value is -0.980. The normalized spacial score (nSPS) is 14.4. The molecular weight excluding hydrogens is 278 g/mol. The molecule has 0 spiro atoms. The largest absolute Gasteiger partial charge is 0.471 e. The van der Waals surface area contributed by atoms with Crippen molar-refractivity contribution in [3.63, 3.8) is 0 Å². The highest BCUT2D eigenvalue weighted by Crippen LogP contribution is 2.35. The molecule has 18 heavy (non-hydrogen) atoms. The molecule has 0 amide bonds. The minimum absolute atomic E-state index is 0.204. The molecule has 0 unspecified atom stereocenters. The topological polar surface area (TPSA) is 66.8 Å². The van der Waals surface area contributed by atoms with Gasteiger partial charge < -0.3 is 9.64 Å². The molecule has 0 fully saturated rings. The minimum atomic E-state index is -3.86. The Morgan fingerprint density at radius 3 is 2.89 bits per heavy atom. The molecule has 1 N–H and O–H groups in total. The quantitative estimate of drug-likeness (QED) is 0.665. The average Bonchev–Trinajstić information content (AvgIpc) is 2.66. The van der Waals surface area contributed by atoms with Crippen molar-refractivity contribution < 1.29 is 17.7 Å². The lowest BCUT2D eigenvalue weighted by molar-refractivity contribution is 0.345. The third-order valence-electron chi connectivity index (χ3n) is 2.72. The summed E-state index contributed by atoms with van der Waals surface area (Å²) in [6, 6.07) is 5.41. The van der Waals surface area contributed by atoms with Crippen LogP contribution in [-0.2, 0) is 10.1 Å². The number of fused-ring (bicyclic) bond motifs is 1. The minimum Gasteiger partial charge on any atom is -0.471 e. The fourth-order valence-electron chi connectivity index (χ4n) is 1.85. The summed E-state index contributed by atoms with van der Waals surface area (Å²) in [6.45, 7) is 1.12. The Bertz CT molecular complexity index is 532. The molecule has 1 aliphatic heterocycles. The number of unbranched alkanes of at least 4 members (excludes halogenated alkanes) is 1. The molecule has 1 aromatic carbocycles. The van der Waals surface area contributed by atoms with E-state index in [-0.39, 0.29) is 5.75 Å². The van der Waals surface area contributed by atoms with Crippen LogP contribution in [0.2, 0.25) is 5.02 Å². The SMILES string of the molecule is O=S(=O)(O)CCCCN1COc2ccc(Cl)cc21. The molecule has 1 aliphatic rings. The highest BCUT2D eigenvalue weighted by molar-refractivity contribution is 7.85. The molecule has 1 heterocycles. The summed E-state index contributed by atoms with van der Waals surface area (Å²) in [4.78, 5) is 1.99. The van der Waals surface area contributed by atoms with Crippen LogP contribution in [0, 0.1) is 0 Å². The van der Waals surface area contributed by atoms with Crippen LogP contribution in [-0.4, -0.2) is 32.0 Å². The Labute approximate surface area is 111 Å². The maximum absolute atomic E-state index is 10.6. The summed E-state index contributed by atoms with van der Waals surface area (Å²) in [6.07, 6.45) is 1.08. The molecule has 2 rings (SSSR count). The van der Waals surface area contributed by atoms with Crippen molar-refractivity contribution in [2.24, 2.45) is 0 Å². The fraction of sp³-hybridized carbons (Fsp3) is 0.455. The van der Waals surface area contributed by atoms with E-state index in [0.29, 0.717) is 31.1 Å². The second-order valence-electron chi connectivity index (χ2n) is 4.14. The molecule has 0 bridgehead atoms. The first kappa shape index (κ1) is 13.5. The molecular formula is C11H14ClNO4S. The third-order valence-corrected chi connectivity index (χ3v) is 3.76. The van der Waals surface area contributed by atoms with Crippen molar-refractivity contribution in [3.05, 3.63) is 23.2 Å². The lowest BCUT2D eigenvalue weighted by Gasteiger charge is -2.16. The fourth-order valence-corrected chi connectivity index (χ4v) is 2.58. The molecule has 7 heteroatoms. The van der Waals surface area contributed by atoms with Crippen LogP contribution in [0.5, 0.6) is 5.75 Å². The molecule has 0 saturated carbocycles. The van der Waals surface area contributed by atoms with Gasteiger partial charge >= 0.3 is 0 Å². The summed E-state index contributed by atoms with van der Waals surface area (Å²) in [5, 5.41) is 0.641. The van der Waals surface area contributed by atoms with E-state index >= 15 is 0 Å². The van der Waals surface area contributed by atoms with Crippen LogP contribution in [0.15, 0.2) is 18.2 Å². The van der Waals surface area contributed by atoms with Crippen LogP contribution in [0.3, 0.4) is 0 Å². The standard InChI is InChI=1S/C11H14ClNO4S/c12-9-3-4-11-10(7-9)13(8-17-11)5-1-2-6-18(14,15)16/h3-4,7H,1-2,5-6,8H2,(H,14,15,16). The van der Waals surface area contributed by atoms with Crippen LogP contribution < -0.4 is 9.64 Å². The number of benzene rings is 1. The molecule has 5 nitrogen and oxygen atoms in total. The maximum Gasteiger partial charge on any atom is 0.264 e. The van der Waals surface area contributed by atoms with Crippen LogP contribution in [0.1, 0.15) is 12.8 Å². The first-order valence-corrected chi connectivity index (χ1v) is 7.57. The van der Waals surface area contributed by atoms with Crippen molar-refractivity contribution >= 4 is 27.4 Å². The van der Waals surface area contributed by atoms with E-state index in [1.165, 1.54) is 0 Å². The maximum atomic E-state index is 10.6. The molecule has 100 valence electrons. The van der Waals surface area contributed by atoms with Gasteiger partial charge in [-0.25, -0.2) is 0 Å². The summed E-state index contributed by atoms with van der Waals surface area (Å²) >= 11 is 5.92. The van der Waals surface area contributed by atoms with E-state index in [2.05, 4.69) is 0 Å². The summed E-state index contributed by atoms with van der Waals surface area (Å²) in [7, 11) is -3.86. The van der Waals surface area contributed by atoms with Crippen LogP contribution >= 0.6 is 11.6 Å². The Balaban J connectivity index is 1.88. The smallest absolute Gasteiger partial charge is 0.264 e. The van der Waals surface area contributed by atoms with Crippen LogP contribution in [0.25, 0.3) is 0 Å². The highest BCUT2D eigenvalue weighted by atomic mass is 35.5. The molecule has 0 saturated heterocycles.